The summed E-state index contributed by atoms with van der Waals surface area (Å²) in [5.74, 6) is 1.77. The van der Waals surface area contributed by atoms with Crippen molar-refractivity contribution in [3.8, 4) is 22.8 Å². The molecule has 2 atom stereocenters. The average molecular weight is 419 g/mol. The molecule has 0 radical (unpaired) electrons. The number of fused-ring (bicyclic) bond motifs is 4. The van der Waals surface area contributed by atoms with Crippen molar-refractivity contribution in [3.05, 3.63) is 64.3 Å². The number of imidazole rings is 1. The molecule has 0 saturated carbocycles. The first-order valence-electron chi connectivity index (χ1n) is 10.5. The second-order valence-electron chi connectivity index (χ2n) is 8.13. The van der Waals surface area contributed by atoms with E-state index >= 15 is 0 Å². The SMILES string of the molecule is CNC(=O)c1ccc(OC)c(-n2ccnc2-c2ccc3n(c2=O)C[C@@H]2CNC[C@H]3C2)c1. The van der Waals surface area contributed by atoms with Gasteiger partial charge in [0, 0.05) is 49.7 Å². The zero-order chi connectivity index (χ0) is 21.5. The molecule has 8 nitrogen and oxygen atoms in total. The molecule has 5 rings (SSSR count). The van der Waals surface area contributed by atoms with Crippen LogP contribution in [0.3, 0.4) is 0 Å². The Bertz CT molecular complexity index is 1210. The lowest BCUT2D eigenvalue weighted by molar-refractivity contribution is 0.0963. The summed E-state index contributed by atoms with van der Waals surface area (Å²) in [5.41, 5.74) is 2.76. The highest BCUT2D eigenvalue weighted by Gasteiger charge is 2.31. The first-order chi connectivity index (χ1) is 15.1. The predicted molar refractivity (Wildman–Crippen MR) is 117 cm³/mol. The zero-order valence-corrected chi connectivity index (χ0v) is 17.6. The number of pyridine rings is 1. The highest BCUT2D eigenvalue weighted by molar-refractivity contribution is 5.95. The lowest BCUT2D eigenvalue weighted by Crippen LogP contribution is -2.45. The highest BCUT2D eigenvalue weighted by Crippen LogP contribution is 2.33. The van der Waals surface area contributed by atoms with Gasteiger partial charge in [-0.2, -0.15) is 0 Å². The number of hydrogen-bond donors (Lipinski definition) is 2. The summed E-state index contributed by atoms with van der Waals surface area (Å²) in [7, 11) is 3.17. The van der Waals surface area contributed by atoms with Gasteiger partial charge in [0.15, 0.2) is 0 Å². The molecule has 0 spiro atoms. The largest absolute Gasteiger partial charge is 0.495 e. The van der Waals surface area contributed by atoms with Crippen LogP contribution in [0.1, 0.15) is 28.4 Å². The lowest BCUT2D eigenvalue weighted by Gasteiger charge is -2.37. The van der Waals surface area contributed by atoms with E-state index in [1.54, 1.807) is 49.3 Å². The highest BCUT2D eigenvalue weighted by atomic mass is 16.5. The molecule has 1 saturated heterocycles. The number of ether oxygens (including phenoxy) is 1. The third kappa shape index (κ3) is 3.23. The van der Waals surface area contributed by atoms with E-state index in [9.17, 15) is 9.59 Å². The minimum absolute atomic E-state index is 0.0250. The van der Waals surface area contributed by atoms with Crippen LogP contribution in [0.2, 0.25) is 0 Å². The predicted octanol–water partition coefficient (Wildman–Crippen LogP) is 1.78. The first-order valence-corrected chi connectivity index (χ1v) is 10.5. The van der Waals surface area contributed by atoms with E-state index in [1.165, 1.54) is 0 Å². The minimum Gasteiger partial charge on any atom is -0.495 e. The summed E-state index contributed by atoms with van der Waals surface area (Å²) >= 11 is 0. The van der Waals surface area contributed by atoms with Crippen molar-refractivity contribution in [2.24, 2.45) is 5.92 Å². The summed E-state index contributed by atoms with van der Waals surface area (Å²) < 4.78 is 9.26. The smallest absolute Gasteiger partial charge is 0.261 e. The van der Waals surface area contributed by atoms with Crippen LogP contribution in [-0.4, -0.2) is 47.3 Å². The fourth-order valence-corrected chi connectivity index (χ4v) is 4.82. The maximum absolute atomic E-state index is 13.5. The van der Waals surface area contributed by atoms with E-state index in [-0.39, 0.29) is 11.5 Å². The molecule has 4 heterocycles. The standard InChI is InChI=1S/C23H25N5O3/c1-24-22(29)15-3-6-20(31-2)19(10-15)27-8-7-26-21(27)17-4-5-18-16-9-14(11-25-12-16)13-28(18)23(17)30/h3-8,10,14,16,25H,9,11-13H2,1-2H3,(H,24,29)/t14-,16+/m0/s1. The van der Waals surface area contributed by atoms with Crippen molar-refractivity contribution < 1.29 is 9.53 Å². The molecular formula is C23H25N5O3. The van der Waals surface area contributed by atoms with Crippen molar-refractivity contribution in [1.29, 1.82) is 0 Å². The Labute approximate surface area is 179 Å². The van der Waals surface area contributed by atoms with E-state index in [2.05, 4.69) is 21.7 Å². The number of hydrogen-bond acceptors (Lipinski definition) is 5. The van der Waals surface area contributed by atoms with Gasteiger partial charge in [0.25, 0.3) is 11.5 Å². The van der Waals surface area contributed by atoms with Crippen molar-refractivity contribution in [1.82, 2.24) is 24.8 Å². The van der Waals surface area contributed by atoms with Gasteiger partial charge in [-0.1, -0.05) is 0 Å². The van der Waals surface area contributed by atoms with Crippen LogP contribution in [0.15, 0.2) is 47.5 Å². The molecule has 1 fully saturated rings. The molecule has 2 aromatic heterocycles. The topological polar surface area (TPSA) is 90.2 Å². The second kappa shape index (κ2) is 7.70. The first kappa shape index (κ1) is 19.6. The molecule has 2 bridgehead atoms. The number of benzene rings is 1. The molecule has 2 aliphatic rings. The van der Waals surface area contributed by atoms with Gasteiger partial charge in [-0.3, -0.25) is 14.2 Å². The number of aromatic nitrogens is 3. The van der Waals surface area contributed by atoms with Crippen molar-refractivity contribution in [2.45, 2.75) is 18.9 Å². The van der Waals surface area contributed by atoms with E-state index in [4.69, 9.17) is 4.74 Å². The quantitative estimate of drug-likeness (QED) is 0.673. The van der Waals surface area contributed by atoms with Crippen LogP contribution in [0.25, 0.3) is 17.1 Å². The van der Waals surface area contributed by atoms with Crippen molar-refractivity contribution in [2.75, 3.05) is 27.2 Å². The molecule has 8 heteroatoms. The number of piperidine rings is 1. The second-order valence-corrected chi connectivity index (χ2v) is 8.13. The van der Waals surface area contributed by atoms with E-state index in [0.29, 0.717) is 40.2 Å². The number of amides is 1. The number of methoxy groups -OCH3 is 1. The Balaban J connectivity index is 1.64. The van der Waals surface area contributed by atoms with Gasteiger partial charge in [-0.05, 0) is 49.2 Å². The Morgan fingerprint density at radius 2 is 2.13 bits per heavy atom. The molecule has 1 amide bonds. The van der Waals surface area contributed by atoms with E-state index < -0.39 is 0 Å². The van der Waals surface area contributed by atoms with Gasteiger partial charge in [0.05, 0.1) is 18.4 Å². The Morgan fingerprint density at radius 1 is 1.26 bits per heavy atom. The number of rotatable bonds is 4. The molecule has 0 unspecified atom stereocenters. The summed E-state index contributed by atoms with van der Waals surface area (Å²) in [4.78, 5) is 30.2. The number of carbonyl (C=O) groups excluding carboxylic acids is 1. The van der Waals surface area contributed by atoms with Crippen molar-refractivity contribution >= 4 is 5.91 Å². The molecule has 0 aliphatic carbocycles. The summed E-state index contributed by atoms with van der Waals surface area (Å²) in [5, 5.41) is 6.11. The third-order valence-corrected chi connectivity index (χ3v) is 6.32. The van der Waals surface area contributed by atoms with Crippen LogP contribution < -0.4 is 20.9 Å². The van der Waals surface area contributed by atoms with Gasteiger partial charge in [0.1, 0.15) is 11.6 Å². The Morgan fingerprint density at radius 3 is 2.94 bits per heavy atom. The molecule has 3 aromatic rings. The maximum Gasteiger partial charge on any atom is 0.261 e. The van der Waals surface area contributed by atoms with E-state index in [1.807, 2.05) is 10.6 Å². The Kier molecular flexibility index (Phi) is 4.86. The van der Waals surface area contributed by atoms with Crippen LogP contribution in [-0.2, 0) is 6.54 Å². The Hall–Kier alpha value is -3.39. The third-order valence-electron chi connectivity index (χ3n) is 6.32. The van der Waals surface area contributed by atoms with Gasteiger partial charge in [0.2, 0.25) is 0 Å². The number of nitrogens with one attached hydrogen (secondary N) is 2. The van der Waals surface area contributed by atoms with E-state index in [0.717, 1.165) is 31.7 Å². The lowest BCUT2D eigenvalue weighted by atomic mass is 9.84. The van der Waals surface area contributed by atoms with Gasteiger partial charge in [-0.25, -0.2) is 4.98 Å². The van der Waals surface area contributed by atoms with Gasteiger partial charge in [-0.15, -0.1) is 0 Å². The normalized spacial score (nSPS) is 19.5. The summed E-state index contributed by atoms with van der Waals surface area (Å²) in [6.07, 6.45) is 4.57. The number of nitrogens with zero attached hydrogens (tertiary/aromatic N) is 3. The van der Waals surface area contributed by atoms with Crippen LogP contribution in [0, 0.1) is 5.92 Å². The van der Waals surface area contributed by atoms with Crippen LogP contribution in [0.5, 0.6) is 5.75 Å². The van der Waals surface area contributed by atoms with Gasteiger partial charge >= 0.3 is 0 Å². The van der Waals surface area contributed by atoms with Crippen LogP contribution >= 0.6 is 0 Å². The van der Waals surface area contributed by atoms with Gasteiger partial charge < -0.3 is 19.9 Å². The molecule has 31 heavy (non-hydrogen) atoms. The maximum atomic E-state index is 13.5. The molecule has 160 valence electrons. The monoisotopic (exact) mass is 419 g/mol. The van der Waals surface area contributed by atoms with Crippen molar-refractivity contribution in [3.63, 3.8) is 0 Å². The molecular weight excluding hydrogens is 394 g/mol. The minimum atomic E-state index is -0.195. The van der Waals surface area contributed by atoms with Crippen LogP contribution in [0.4, 0.5) is 0 Å². The fourth-order valence-electron chi connectivity index (χ4n) is 4.82. The molecule has 2 aliphatic heterocycles. The molecule has 2 N–H and O–H groups in total. The average Bonchev–Trinajstić information content (AvgIpc) is 3.28. The number of carbonyl (C=O) groups is 1. The summed E-state index contributed by atoms with van der Waals surface area (Å²) in [6.45, 7) is 2.58. The summed E-state index contributed by atoms with van der Waals surface area (Å²) in [6, 6.07) is 9.13. The zero-order valence-electron chi connectivity index (χ0n) is 17.6. The molecule has 1 aromatic carbocycles. The fraction of sp³-hybridized carbons (Fsp3) is 0.348.